The van der Waals surface area contributed by atoms with Crippen LogP contribution in [0.2, 0.25) is 0 Å². The second kappa shape index (κ2) is 6.72. The maximum atomic E-state index is 3.82. The first-order valence-electron chi connectivity index (χ1n) is 7.43. The lowest BCUT2D eigenvalue weighted by molar-refractivity contribution is 0.230. The predicted molar refractivity (Wildman–Crippen MR) is 81.2 cm³/mol. The van der Waals surface area contributed by atoms with E-state index >= 15 is 0 Å². The Balaban J connectivity index is 1.71. The third-order valence-corrected chi connectivity index (χ3v) is 5.22. The van der Waals surface area contributed by atoms with Crippen molar-refractivity contribution in [2.45, 2.75) is 65.0 Å². The van der Waals surface area contributed by atoms with Crippen molar-refractivity contribution < 1.29 is 0 Å². The molecule has 2 heteroatoms. The van der Waals surface area contributed by atoms with Crippen molar-refractivity contribution in [3.05, 3.63) is 22.4 Å². The van der Waals surface area contributed by atoms with Crippen LogP contribution in [0.15, 0.2) is 17.5 Å². The molecule has 102 valence electrons. The van der Waals surface area contributed by atoms with Gasteiger partial charge in [-0.3, -0.25) is 0 Å². The van der Waals surface area contributed by atoms with Crippen LogP contribution in [-0.4, -0.2) is 12.1 Å². The molecule has 1 heterocycles. The highest BCUT2D eigenvalue weighted by molar-refractivity contribution is 7.09. The first-order chi connectivity index (χ1) is 8.65. The molecule has 0 spiro atoms. The normalized spacial score (nSPS) is 26.4. The standard InChI is InChI=1S/C16H27NS/c1-12(2)14-6-8-15(9-7-14)17-13(3)11-16-5-4-10-18-16/h4-5,10,12-15,17H,6-9,11H2,1-3H3. The Hall–Kier alpha value is -0.340. The summed E-state index contributed by atoms with van der Waals surface area (Å²) in [7, 11) is 0. The lowest BCUT2D eigenvalue weighted by atomic mass is 9.79. The summed E-state index contributed by atoms with van der Waals surface area (Å²) in [6.45, 7) is 7.07. The van der Waals surface area contributed by atoms with Crippen LogP contribution < -0.4 is 5.32 Å². The molecule has 1 N–H and O–H groups in total. The highest BCUT2D eigenvalue weighted by Crippen LogP contribution is 2.30. The summed E-state index contributed by atoms with van der Waals surface area (Å²) in [6, 6.07) is 5.78. The minimum absolute atomic E-state index is 0.615. The van der Waals surface area contributed by atoms with Gasteiger partial charge in [0.2, 0.25) is 0 Å². The average molecular weight is 265 g/mol. The second-order valence-corrected chi connectivity index (χ2v) is 7.24. The summed E-state index contributed by atoms with van der Waals surface area (Å²) in [4.78, 5) is 1.51. The quantitative estimate of drug-likeness (QED) is 0.827. The Labute approximate surface area is 116 Å². The molecule has 1 unspecified atom stereocenters. The van der Waals surface area contributed by atoms with E-state index in [2.05, 4.69) is 43.6 Å². The van der Waals surface area contributed by atoms with Crippen molar-refractivity contribution >= 4 is 11.3 Å². The molecule has 1 aromatic rings. The van der Waals surface area contributed by atoms with Crippen LogP contribution in [0.4, 0.5) is 0 Å². The molecule has 1 saturated carbocycles. The van der Waals surface area contributed by atoms with Gasteiger partial charge in [-0.25, -0.2) is 0 Å². The fourth-order valence-electron chi connectivity index (χ4n) is 3.14. The zero-order valence-corrected chi connectivity index (χ0v) is 12.8. The Bertz CT molecular complexity index is 323. The molecule has 2 rings (SSSR count). The molecule has 18 heavy (non-hydrogen) atoms. The molecular weight excluding hydrogens is 238 g/mol. The lowest BCUT2D eigenvalue weighted by Crippen LogP contribution is -2.40. The summed E-state index contributed by atoms with van der Waals surface area (Å²) in [5.41, 5.74) is 0. The zero-order valence-electron chi connectivity index (χ0n) is 12.0. The van der Waals surface area contributed by atoms with Crippen LogP contribution in [0.1, 0.15) is 51.3 Å². The molecule has 0 saturated heterocycles. The summed E-state index contributed by atoms with van der Waals surface area (Å²) in [5.74, 6) is 1.84. The lowest BCUT2D eigenvalue weighted by Gasteiger charge is -2.33. The maximum Gasteiger partial charge on any atom is 0.00896 e. The number of hydrogen-bond donors (Lipinski definition) is 1. The van der Waals surface area contributed by atoms with E-state index < -0.39 is 0 Å². The first-order valence-corrected chi connectivity index (χ1v) is 8.31. The van der Waals surface area contributed by atoms with Gasteiger partial charge in [-0.05, 0) is 62.3 Å². The van der Waals surface area contributed by atoms with E-state index in [9.17, 15) is 0 Å². The highest BCUT2D eigenvalue weighted by Gasteiger charge is 2.23. The molecule has 1 aromatic heterocycles. The van der Waals surface area contributed by atoms with Gasteiger partial charge in [-0.2, -0.15) is 0 Å². The van der Waals surface area contributed by atoms with Gasteiger partial charge >= 0.3 is 0 Å². The Morgan fingerprint density at radius 1 is 1.22 bits per heavy atom. The maximum absolute atomic E-state index is 3.82. The first kappa shape index (κ1) is 14.1. The van der Waals surface area contributed by atoms with Crippen molar-refractivity contribution in [1.29, 1.82) is 0 Å². The molecule has 1 aliphatic rings. The van der Waals surface area contributed by atoms with Gasteiger partial charge in [-0.15, -0.1) is 11.3 Å². The van der Waals surface area contributed by atoms with Gasteiger partial charge in [-0.1, -0.05) is 19.9 Å². The van der Waals surface area contributed by atoms with Gasteiger partial charge in [0, 0.05) is 17.0 Å². The largest absolute Gasteiger partial charge is 0.311 e. The van der Waals surface area contributed by atoms with E-state index in [1.165, 1.54) is 37.0 Å². The van der Waals surface area contributed by atoms with Crippen molar-refractivity contribution in [2.75, 3.05) is 0 Å². The summed E-state index contributed by atoms with van der Waals surface area (Å²) in [5, 5.41) is 6.00. The molecule has 0 amide bonds. The van der Waals surface area contributed by atoms with Gasteiger partial charge in [0.1, 0.15) is 0 Å². The molecule has 0 bridgehead atoms. The molecular formula is C16H27NS. The summed E-state index contributed by atoms with van der Waals surface area (Å²) >= 11 is 1.88. The fraction of sp³-hybridized carbons (Fsp3) is 0.750. The molecule has 0 radical (unpaired) electrons. The number of nitrogens with one attached hydrogen (secondary N) is 1. The van der Waals surface area contributed by atoms with Crippen LogP contribution >= 0.6 is 11.3 Å². The van der Waals surface area contributed by atoms with E-state index in [-0.39, 0.29) is 0 Å². The van der Waals surface area contributed by atoms with Crippen LogP contribution in [0.25, 0.3) is 0 Å². The van der Waals surface area contributed by atoms with Crippen molar-refractivity contribution in [3.8, 4) is 0 Å². The Morgan fingerprint density at radius 3 is 2.50 bits per heavy atom. The predicted octanol–water partition coefficient (Wildman–Crippen LogP) is 4.48. The number of hydrogen-bond acceptors (Lipinski definition) is 2. The third-order valence-electron chi connectivity index (χ3n) is 4.32. The zero-order chi connectivity index (χ0) is 13.0. The van der Waals surface area contributed by atoms with Gasteiger partial charge in [0.15, 0.2) is 0 Å². The van der Waals surface area contributed by atoms with E-state index in [0.29, 0.717) is 6.04 Å². The number of thiophene rings is 1. The molecule has 1 nitrogen and oxygen atoms in total. The minimum Gasteiger partial charge on any atom is -0.311 e. The Morgan fingerprint density at radius 2 is 1.94 bits per heavy atom. The molecule has 1 atom stereocenters. The van der Waals surface area contributed by atoms with E-state index in [4.69, 9.17) is 0 Å². The Kier molecular flexibility index (Phi) is 5.25. The van der Waals surface area contributed by atoms with Crippen molar-refractivity contribution in [3.63, 3.8) is 0 Å². The average Bonchev–Trinajstić information content (AvgIpc) is 2.82. The van der Waals surface area contributed by atoms with Crippen molar-refractivity contribution in [2.24, 2.45) is 11.8 Å². The summed E-state index contributed by atoms with van der Waals surface area (Å²) in [6.07, 6.45) is 6.76. The van der Waals surface area contributed by atoms with Crippen LogP contribution in [-0.2, 0) is 6.42 Å². The van der Waals surface area contributed by atoms with Crippen molar-refractivity contribution in [1.82, 2.24) is 5.32 Å². The topological polar surface area (TPSA) is 12.0 Å². The fourth-order valence-corrected chi connectivity index (χ4v) is 3.98. The number of rotatable bonds is 5. The minimum atomic E-state index is 0.615. The second-order valence-electron chi connectivity index (χ2n) is 6.21. The van der Waals surface area contributed by atoms with E-state index in [1.807, 2.05) is 11.3 Å². The molecule has 1 fully saturated rings. The van der Waals surface area contributed by atoms with Gasteiger partial charge in [0.25, 0.3) is 0 Å². The van der Waals surface area contributed by atoms with Gasteiger partial charge in [0.05, 0.1) is 0 Å². The third kappa shape index (κ3) is 4.10. The highest BCUT2D eigenvalue weighted by atomic mass is 32.1. The smallest absolute Gasteiger partial charge is 0.00896 e. The molecule has 0 aliphatic heterocycles. The van der Waals surface area contributed by atoms with E-state index in [1.54, 1.807) is 0 Å². The van der Waals surface area contributed by atoms with Crippen LogP contribution in [0, 0.1) is 11.8 Å². The summed E-state index contributed by atoms with van der Waals surface area (Å²) < 4.78 is 0. The molecule has 1 aliphatic carbocycles. The SMILES string of the molecule is CC(Cc1cccs1)NC1CCC(C(C)C)CC1. The van der Waals surface area contributed by atoms with E-state index in [0.717, 1.165) is 17.9 Å². The monoisotopic (exact) mass is 265 g/mol. The van der Waals surface area contributed by atoms with Crippen LogP contribution in [0.5, 0.6) is 0 Å². The van der Waals surface area contributed by atoms with Gasteiger partial charge < -0.3 is 5.32 Å². The molecule has 0 aromatic carbocycles. The van der Waals surface area contributed by atoms with Crippen LogP contribution in [0.3, 0.4) is 0 Å².